The van der Waals surface area contributed by atoms with Gasteiger partial charge in [-0.2, -0.15) is 0 Å². The Balaban J connectivity index is 2.38. The van der Waals surface area contributed by atoms with Gasteiger partial charge in [0.1, 0.15) is 17.4 Å². The molecule has 0 aliphatic rings. The summed E-state index contributed by atoms with van der Waals surface area (Å²) in [5, 5.41) is 0. The topological polar surface area (TPSA) is 9.23 Å². The highest BCUT2D eigenvalue weighted by atomic mass is 19.4. The molecule has 0 radical (unpaired) electrons. The van der Waals surface area contributed by atoms with E-state index in [0.717, 1.165) is 24.3 Å². The van der Waals surface area contributed by atoms with E-state index in [0.29, 0.717) is 0 Å². The molecule has 0 aliphatic heterocycles. The lowest BCUT2D eigenvalue weighted by Crippen LogP contribution is -2.17. The Morgan fingerprint density at radius 2 is 1.39 bits per heavy atom. The third kappa shape index (κ3) is 4.21. The Kier molecular flexibility index (Phi) is 4.37. The predicted molar refractivity (Wildman–Crippen MR) is 77.2 cm³/mol. The van der Waals surface area contributed by atoms with Crippen LogP contribution >= 0.6 is 0 Å². The zero-order valence-electron chi connectivity index (χ0n) is 12.8. The van der Waals surface area contributed by atoms with Crippen molar-refractivity contribution >= 4 is 0 Å². The van der Waals surface area contributed by atoms with E-state index in [-0.39, 0.29) is 16.7 Å². The Bertz CT molecular complexity index is 697. The van der Waals surface area contributed by atoms with Gasteiger partial charge in [0.2, 0.25) is 0 Å². The van der Waals surface area contributed by atoms with E-state index in [1.54, 1.807) is 20.8 Å². The minimum absolute atomic E-state index is 0.0194. The molecule has 0 atom stereocenters. The van der Waals surface area contributed by atoms with E-state index < -0.39 is 29.2 Å². The highest BCUT2D eigenvalue weighted by Crippen LogP contribution is 2.32. The average molecular weight is 330 g/mol. The van der Waals surface area contributed by atoms with E-state index in [1.807, 2.05) is 0 Å². The van der Waals surface area contributed by atoms with Crippen molar-refractivity contribution in [2.75, 3.05) is 0 Å². The summed E-state index contributed by atoms with van der Waals surface area (Å²) in [6.45, 7) is 5.27. The summed E-state index contributed by atoms with van der Waals surface area (Å²) >= 11 is 0. The zero-order chi connectivity index (χ0) is 17.4. The summed E-state index contributed by atoms with van der Waals surface area (Å²) in [4.78, 5) is 0. The summed E-state index contributed by atoms with van der Waals surface area (Å²) in [7, 11) is 0. The molecular weight excluding hydrogens is 315 g/mol. The number of benzene rings is 2. The first kappa shape index (κ1) is 17.2. The Morgan fingerprint density at radius 3 is 1.87 bits per heavy atom. The molecule has 23 heavy (non-hydrogen) atoms. The lowest BCUT2D eigenvalue weighted by molar-refractivity contribution is -0.274. The maximum absolute atomic E-state index is 14.2. The van der Waals surface area contributed by atoms with Gasteiger partial charge in [-0.05, 0) is 40.8 Å². The Labute approximate surface area is 130 Å². The van der Waals surface area contributed by atoms with Crippen molar-refractivity contribution < 1.29 is 26.7 Å². The molecular formula is C17H15F5O. The van der Waals surface area contributed by atoms with Crippen molar-refractivity contribution in [3.05, 3.63) is 53.6 Å². The molecule has 0 aromatic heterocycles. The van der Waals surface area contributed by atoms with Crippen LogP contribution in [0.1, 0.15) is 26.3 Å². The van der Waals surface area contributed by atoms with Gasteiger partial charge in [-0.3, -0.25) is 0 Å². The average Bonchev–Trinajstić information content (AvgIpc) is 2.39. The molecule has 0 heterocycles. The second-order valence-electron chi connectivity index (χ2n) is 6.13. The summed E-state index contributed by atoms with van der Waals surface area (Å²) in [5.74, 6) is -1.63. The van der Waals surface area contributed by atoms with Crippen LogP contribution in [-0.4, -0.2) is 6.36 Å². The lowest BCUT2D eigenvalue weighted by Gasteiger charge is -2.20. The smallest absolute Gasteiger partial charge is 0.406 e. The standard InChI is InChI=1S/C17H15F5O/c1-16(2,3)13-9-14(18)12(8-15(13)19)10-4-6-11(7-5-10)23-17(20,21)22/h4-9H,1-3H3. The van der Waals surface area contributed by atoms with Crippen LogP contribution in [0.25, 0.3) is 11.1 Å². The molecule has 2 rings (SSSR count). The number of halogens is 5. The van der Waals surface area contributed by atoms with Crippen molar-refractivity contribution in [1.29, 1.82) is 0 Å². The van der Waals surface area contributed by atoms with Gasteiger partial charge in [0.05, 0.1) is 0 Å². The molecule has 0 bridgehead atoms. The molecule has 2 aromatic carbocycles. The second-order valence-corrected chi connectivity index (χ2v) is 6.13. The third-order valence-electron chi connectivity index (χ3n) is 3.26. The van der Waals surface area contributed by atoms with Gasteiger partial charge in [0, 0.05) is 5.56 Å². The van der Waals surface area contributed by atoms with Crippen LogP contribution in [0.4, 0.5) is 22.0 Å². The molecule has 1 nitrogen and oxygen atoms in total. The molecule has 0 N–H and O–H groups in total. The number of rotatable bonds is 2. The molecule has 0 aliphatic carbocycles. The summed E-state index contributed by atoms with van der Waals surface area (Å²) in [5.41, 5.74) is -0.0883. The van der Waals surface area contributed by atoms with Crippen LogP contribution in [-0.2, 0) is 5.41 Å². The molecule has 0 fully saturated rings. The van der Waals surface area contributed by atoms with Crippen LogP contribution in [0.2, 0.25) is 0 Å². The van der Waals surface area contributed by atoms with Crippen molar-refractivity contribution in [2.45, 2.75) is 32.5 Å². The number of ether oxygens (including phenoxy) is 1. The van der Waals surface area contributed by atoms with Gasteiger partial charge in [-0.1, -0.05) is 32.9 Å². The molecule has 0 amide bonds. The fourth-order valence-corrected chi connectivity index (χ4v) is 2.18. The minimum atomic E-state index is -4.80. The van der Waals surface area contributed by atoms with Gasteiger partial charge in [-0.15, -0.1) is 13.2 Å². The summed E-state index contributed by atoms with van der Waals surface area (Å²) in [6.07, 6.45) is -4.80. The first-order chi connectivity index (χ1) is 10.5. The van der Waals surface area contributed by atoms with Crippen LogP contribution in [0, 0.1) is 11.6 Å². The van der Waals surface area contributed by atoms with Gasteiger partial charge in [-0.25, -0.2) is 8.78 Å². The third-order valence-corrected chi connectivity index (χ3v) is 3.26. The summed E-state index contributed by atoms with van der Waals surface area (Å²) in [6, 6.07) is 6.77. The fourth-order valence-electron chi connectivity index (χ4n) is 2.18. The molecule has 6 heteroatoms. The van der Waals surface area contributed by atoms with Crippen LogP contribution < -0.4 is 4.74 Å². The van der Waals surface area contributed by atoms with Crippen molar-refractivity contribution in [1.82, 2.24) is 0 Å². The van der Waals surface area contributed by atoms with Crippen molar-refractivity contribution in [2.24, 2.45) is 0 Å². The van der Waals surface area contributed by atoms with E-state index in [4.69, 9.17) is 0 Å². The molecule has 0 saturated carbocycles. The van der Waals surface area contributed by atoms with Crippen molar-refractivity contribution in [3.8, 4) is 16.9 Å². The minimum Gasteiger partial charge on any atom is -0.406 e. The summed E-state index contributed by atoms with van der Waals surface area (Å²) < 4.78 is 68.5. The van der Waals surface area contributed by atoms with Crippen LogP contribution in [0.15, 0.2) is 36.4 Å². The maximum atomic E-state index is 14.2. The number of hydrogen-bond donors (Lipinski definition) is 0. The van der Waals surface area contributed by atoms with Gasteiger partial charge < -0.3 is 4.74 Å². The molecule has 0 spiro atoms. The quantitative estimate of drug-likeness (QED) is 0.630. The normalized spacial score (nSPS) is 12.3. The van der Waals surface area contributed by atoms with E-state index in [9.17, 15) is 22.0 Å². The molecule has 124 valence electrons. The molecule has 0 saturated heterocycles. The SMILES string of the molecule is CC(C)(C)c1cc(F)c(-c2ccc(OC(F)(F)F)cc2)cc1F. The van der Waals surface area contributed by atoms with Gasteiger partial charge in [0.15, 0.2) is 0 Å². The number of hydrogen-bond acceptors (Lipinski definition) is 1. The van der Waals surface area contributed by atoms with Gasteiger partial charge >= 0.3 is 6.36 Å². The second kappa shape index (κ2) is 5.83. The molecule has 2 aromatic rings. The maximum Gasteiger partial charge on any atom is 0.573 e. The lowest BCUT2D eigenvalue weighted by atomic mass is 9.85. The Morgan fingerprint density at radius 1 is 0.826 bits per heavy atom. The first-order valence-corrected chi connectivity index (χ1v) is 6.83. The monoisotopic (exact) mass is 330 g/mol. The van der Waals surface area contributed by atoms with Crippen molar-refractivity contribution in [3.63, 3.8) is 0 Å². The van der Waals surface area contributed by atoms with E-state index in [1.165, 1.54) is 12.1 Å². The molecule has 0 unspecified atom stereocenters. The predicted octanol–water partition coefficient (Wildman–Crippen LogP) is 5.83. The van der Waals surface area contributed by atoms with E-state index >= 15 is 0 Å². The van der Waals surface area contributed by atoms with Gasteiger partial charge in [0.25, 0.3) is 0 Å². The highest BCUT2D eigenvalue weighted by Gasteiger charge is 2.31. The van der Waals surface area contributed by atoms with Crippen LogP contribution in [0.5, 0.6) is 5.75 Å². The number of alkyl halides is 3. The highest BCUT2D eigenvalue weighted by molar-refractivity contribution is 5.65. The van der Waals surface area contributed by atoms with E-state index in [2.05, 4.69) is 4.74 Å². The zero-order valence-corrected chi connectivity index (χ0v) is 12.8. The largest absolute Gasteiger partial charge is 0.573 e. The van der Waals surface area contributed by atoms with Crippen LogP contribution in [0.3, 0.4) is 0 Å². The first-order valence-electron chi connectivity index (χ1n) is 6.83. The Hall–Kier alpha value is -2.11. The fraction of sp³-hybridized carbons (Fsp3) is 0.294.